The van der Waals surface area contributed by atoms with Crippen molar-refractivity contribution in [2.75, 3.05) is 0 Å². The van der Waals surface area contributed by atoms with Crippen LogP contribution in [0.1, 0.15) is 15.9 Å². The van der Waals surface area contributed by atoms with Gasteiger partial charge in [0.25, 0.3) is 0 Å². The van der Waals surface area contributed by atoms with E-state index in [1.54, 1.807) is 16.9 Å². The van der Waals surface area contributed by atoms with Gasteiger partial charge in [-0.1, -0.05) is 54.1 Å². The van der Waals surface area contributed by atoms with Gasteiger partial charge in [0.1, 0.15) is 0 Å². The molecule has 128 valence electrons. The number of amides is 1. The molecule has 0 atom stereocenters. The molecular weight excluding hydrogens is 348 g/mol. The monoisotopic (exact) mass is 362 g/mol. The van der Waals surface area contributed by atoms with Crippen LogP contribution in [0.15, 0.2) is 66.9 Å². The topological polar surface area (TPSA) is 73.8 Å². The number of hydrogen-bond donors (Lipinski definition) is 1. The highest BCUT2D eigenvalue weighted by Crippen LogP contribution is 2.25. The van der Waals surface area contributed by atoms with Crippen LogP contribution in [0, 0.1) is 0 Å². The zero-order chi connectivity index (χ0) is 18.1. The molecule has 5 nitrogen and oxygen atoms in total. The maximum Gasteiger partial charge on any atom is 0.249 e. The van der Waals surface area contributed by atoms with Crippen LogP contribution >= 0.6 is 11.6 Å². The van der Waals surface area contributed by atoms with E-state index in [-0.39, 0.29) is 0 Å². The minimum atomic E-state index is -0.499. The highest BCUT2D eigenvalue weighted by atomic mass is 35.5. The largest absolute Gasteiger partial charge is 0.366 e. The van der Waals surface area contributed by atoms with Gasteiger partial charge in [-0.15, -0.1) is 0 Å². The van der Waals surface area contributed by atoms with Crippen LogP contribution in [0.3, 0.4) is 0 Å². The third kappa shape index (κ3) is 3.05. The summed E-state index contributed by atoms with van der Waals surface area (Å²) in [6, 6.07) is 18.9. The number of benzene rings is 2. The fraction of sp³-hybridized carbons (Fsp3) is 0.0500. The molecule has 2 aromatic carbocycles. The van der Waals surface area contributed by atoms with Crippen molar-refractivity contribution in [3.8, 4) is 11.3 Å². The molecule has 1 amide bonds. The fourth-order valence-corrected chi connectivity index (χ4v) is 3.01. The maximum atomic E-state index is 11.9. The van der Waals surface area contributed by atoms with Crippen molar-refractivity contribution < 1.29 is 4.79 Å². The summed E-state index contributed by atoms with van der Waals surface area (Å²) in [5.74, 6) is -0.499. The zero-order valence-electron chi connectivity index (χ0n) is 13.8. The van der Waals surface area contributed by atoms with Crippen LogP contribution in [-0.2, 0) is 6.54 Å². The van der Waals surface area contributed by atoms with Crippen molar-refractivity contribution in [1.29, 1.82) is 0 Å². The van der Waals surface area contributed by atoms with E-state index in [1.807, 2.05) is 54.6 Å². The molecule has 0 aliphatic heterocycles. The number of hydrogen-bond acceptors (Lipinski definition) is 3. The maximum absolute atomic E-state index is 11.9. The lowest BCUT2D eigenvalue weighted by molar-refractivity contribution is 0.100. The van der Waals surface area contributed by atoms with Gasteiger partial charge >= 0.3 is 0 Å². The molecule has 0 spiro atoms. The minimum absolute atomic E-state index is 0.413. The second-order valence-corrected chi connectivity index (χ2v) is 6.39. The molecule has 0 saturated carbocycles. The summed E-state index contributed by atoms with van der Waals surface area (Å²) < 4.78 is 1.76. The predicted octanol–water partition coefficient (Wildman–Crippen LogP) is 3.90. The second kappa shape index (κ2) is 6.61. The quantitative estimate of drug-likeness (QED) is 0.598. The average Bonchev–Trinajstić information content (AvgIpc) is 3.06. The van der Waals surface area contributed by atoms with Crippen molar-refractivity contribution in [3.05, 3.63) is 83.0 Å². The standard InChI is InChI=1S/C20H15ClN4O/c21-15-8-6-13(7-9-15)12-25-20-17(11-23-25)16(19(22)26)10-18(24-20)14-4-2-1-3-5-14/h1-11H,12H2,(H2,22,26). The van der Waals surface area contributed by atoms with Crippen molar-refractivity contribution in [1.82, 2.24) is 14.8 Å². The number of carbonyl (C=O) groups is 1. The lowest BCUT2D eigenvalue weighted by atomic mass is 10.1. The minimum Gasteiger partial charge on any atom is -0.366 e. The number of nitrogens with two attached hydrogens (primary N) is 1. The molecule has 0 unspecified atom stereocenters. The van der Waals surface area contributed by atoms with E-state index < -0.39 is 5.91 Å². The number of carbonyl (C=O) groups excluding carboxylic acids is 1. The smallest absolute Gasteiger partial charge is 0.249 e. The number of primary amides is 1. The van der Waals surface area contributed by atoms with E-state index in [0.29, 0.717) is 33.9 Å². The Morgan fingerprint density at radius 3 is 2.50 bits per heavy atom. The molecule has 6 heteroatoms. The summed E-state index contributed by atoms with van der Waals surface area (Å²) >= 11 is 5.95. The van der Waals surface area contributed by atoms with Gasteiger partial charge in [0, 0.05) is 10.6 Å². The van der Waals surface area contributed by atoms with Crippen LogP contribution in [0.4, 0.5) is 0 Å². The first-order valence-corrected chi connectivity index (χ1v) is 8.46. The van der Waals surface area contributed by atoms with Gasteiger partial charge in [0.15, 0.2) is 5.65 Å². The number of halogens is 1. The lowest BCUT2D eigenvalue weighted by Gasteiger charge is -2.08. The summed E-state index contributed by atoms with van der Waals surface area (Å²) in [7, 11) is 0. The summed E-state index contributed by atoms with van der Waals surface area (Å²) in [6.45, 7) is 0.518. The summed E-state index contributed by atoms with van der Waals surface area (Å²) in [5.41, 5.74) is 9.25. The third-order valence-corrected chi connectivity index (χ3v) is 4.44. The molecule has 0 aliphatic rings. The van der Waals surface area contributed by atoms with E-state index in [1.165, 1.54) is 0 Å². The number of aromatic nitrogens is 3. The fourth-order valence-electron chi connectivity index (χ4n) is 2.89. The lowest BCUT2D eigenvalue weighted by Crippen LogP contribution is -2.12. The van der Waals surface area contributed by atoms with Crippen molar-refractivity contribution in [2.45, 2.75) is 6.54 Å². The second-order valence-electron chi connectivity index (χ2n) is 5.95. The van der Waals surface area contributed by atoms with E-state index in [0.717, 1.165) is 11.1 Å². The van der Waals surface area contributed by atoms with Crippen LogP contribution < -0.4 is 5.73 Å². The SMILES string of the molecule is NC(=O)c1cc(-c2ccccc2)nc2c1cnn2Cc1ccc(Cl)cc1. The Bertz CT molecular complexity index is 1090. The summed E-state index contributed by atoms with van der Waals surface area (Å²) in [6.07, 6.45) is 1.63. The molecule has 0 bridgehead atoms. The van der Waals surface area contributed by atoms with Gasteiger partial charge in [-0.2, -0.15) is 5.10 Å². The number of fused-ring (bicyclic) bond motifs is 1. The molecule has 0 aliphatic carbocycles. The highest BCUT2D eigenvalue weighted by Gasteiger charge is 2.15. The van der Waals surface area contributed by atoms with E-state index in [4.69, 9.17) is 22.3 Å². The number of pyridine rings is 1. The highest BCUT2D eigenvalue weighted by molar-refractivity contribution is 6.30. The third-order valence-electron chi connectivity index (χ3n) is 4.19. The summed E-state index contributed by atoms with van der Waals surface area (Å²) in [5, 5.41) is 5.73. The number of nitrogens with zero attached hydrogens (tertiary/aromatic N) is 3. The Morgan fingerprint density at radius 2 is 1.81 bits per heavy atom. The van der Waals surface area contributed by atoms with Gasteiger partial charge < -0.3 is 5.73 Å². The van der Waals surface area contributed by atoms with Crippen LogP contribution in [0.2, 0.25) is 5.02 Å². The Hall–Kier alpha value is -3.18. The molecule has 26 heavy (non-hydrogen) atoms. The van der Waals surface area contributed by atoms with E-state index >= 15 is 0 Å². The Balaban J connectivity index is 1.86. The first-order valence-electron chi connectivity index (χ1n) is 8.08. The van der Waals surface area contributed by atoms with Gasteiger partial charge in [-0.25, -0.2) is 9.67 Å². The first-order chi connectivity index (χ1) is 12.6. The molecule has 4 rings (SSSR count). The Labute approximate surface area is 155 Å². The van der Waals surface area contributed by atoms with Crippen LogP contribution in [-0.4, -0.2) is 20.7 Å². The van der Waals surface area contributed by atoms with E-state index in [2.05, 4.69) is 5.10 Å². The van der Waals surface area contributed by atoms with Gasteiger partial charge in [0.05, 0.1) is 29.4 Å². The molecular formula is C20H15ClN4O. The average molecular weight is 363 g/mol. The Kier molecular flexibility index (Phi) is 4.14. The molecule has 2 aromatic heterocycles. The van der Waals surface area contributed by atoms with Crippen LogP contribution in [0.25, 0.3) is 22.3 Å². The normalized spacial score (nSPS) is 11.0. The Morgan fingerprint density at radius 1 is 1.08 bits per heavy atom. The van der Waals surface area contributed by atoms with Gasteiger partial charge in [-0.3, -0.25) is 4.79 Å². The van der Waals surface area contributed by atoms with Crippen molar-refractivity contribution in [3.63, 3.8) is 0 Å². The molecule has 2 heterocycles. The summed E-state index contributed by atoms with van der Waals surface area (Å²) in [4.78, 5) is 16.7. The molecule has 0 radical (unpaired) electrons. The molecule has 2 N–H and O–H groups in total. The van der Waals surface area contributed by atoms with E-state index in [9.17, 15) is 4.79 Å². The predicted molar refractivity (Wildman–Crippen MR) is 102 cm³/mol. The molecule has 0 saturated heterocycles. The molecule has 0 fully saturated rings. The van der Waals surface area contributed by atoms with Crippen molar-refractivity contribution in [2.24, 2.45) is 5.73 Å². The first kappa shape index (κ1) is 16.3. The van der Waals surface area contributed by atoms with Crippen molar-refractivity contribution >= 4 is 28.5 Å². The van der Waals surface area contributed by atoms with Gasteiger partial charge in [-0.05, 0) is 23.8 Å². The molecule has 4 aromatic rings. The number of rotatable bonds is 4. The van der Waals surface area contributed by atoms with Crippen LogP contribution in [0.5, 0.6) is 0 Å². The zero-order valence-corrected chi connectivity index (χ0v) is 14.5. The van der Waals surface area contributed by atoms with Gasteiger partial charge in [0.2, 0.25) is 5.91 Å².